The van der Waals surface area contributed by atoms with Crippen molar-refractivity contribution in [1.29, 1.82) is 0 Å². The minimum absolute atomic E-state index is 0. The van der Waals surface area contributed by atoms with E-state index >= 15 is 0 Å². The summed E-state index contributed by atoms with van der Waals surface area (Å²) in [7, 11) is 0. The Bertz CT molecular complexity index is 1780. The number of H-pyrrole nitrogens is 1. The van der Waals surface area contributed by atoms with Gasteiger partial charge < -0.3 is 34.0 Å². The van der Waals surface area contributed by atoms with Crippen molar-refractivity contribution in [3.05, 3.63) is 132 Å². The number of rotatable bonds is 5. The van der Waals surface area contributed by atoms with Gasteiger partial charge in [0.15, 0.2) is 5.69 Å². The van der Waals surface area contributed by atoms with Crippen LogP contribution in [0.1, 0.15) is 10.6 Å². The van der Waals surface area contributed by atoms with Crippen LogP contribution >= 0.6 is 11.3 Å². The lowest BCUT2D eigenvalue weighted by atomic mass is 10.2. The van der Waals surface area contributed by atoms with Crippen molar-refractivity contribution in [3.63, 3.8) is 0 Å². The van der Waals surface area contributed by atoms with Crippen molar-refractivity contribution < 1.29 is 43.6 Å². The first-order chi connectivity index (χ1) is 20.2. The molecule has 12 heteroatoms. The van der Waals surface area contributed by atoms with Gasteiger partial charge >= 0.3 is 11.0 Å². The van der Waals surface area contributed by atoms with E-state index in [0.29, 0.717) is 11.6 Å². The molecule has 0 aliphatic carbocycles. The van der Waals surface area contributed by atoms with Crippen LogP contribution in [0.15, 0.2) is 121 Å². The molecule has 0 saturated heterocycles. The summed E-state index contributed by atoms with van der Waals surface area (Å²) < 4.78 is 0. The minimum Gasteiger partial charge on any atom is -1.00 e. The average molecular weight is 717 g/mol. The van der Waals surface area contributed by atoms with Gasteiger partial charge in [-0.1, -0.05) is 89.1 Å². The summed E-state index contributed by atoms with van der Waals surface area (Å²) >= 11 is 1.61. The van der Waals surface area contributed by atoms with Crippen molar-refractivity contribution >= 4 is 11.3 Å². The maximum atomic E-state index is 4.70. The van der Waals surface area contributed by atoms with Crippen molar-refractivity contribution in [2.75, 3.05) is 0 Å². The number of hydrogen-bond acceptors (Lipinski definition) is 6. The van der Waals surface area contributed by atoms with E-state index in [4.69, 9.17) is 10.2 Å². The SMILES string of the molecule is Cc1nc(-[n+]2nc(-c3ccccc3)nn2-c2ccccc2)sc1C.[Br-].[Br-].c1ccc(-c2n[nH][n+](-c3ccccc3)n2)cc1. The van der Waals surface area contributed by atoms with Gasteiger partial charge in [-0.2, -0.15) is 0 Å². The number of nitrogens with zero attached hydrogens (tertiary/aromatic N) is 8. The quantitative estimate of drug-likeness (QED) is 0.232. The molecular formula is C31H27Br2N9S. The molecule has 0 bridgehead atoms. The number of benzene rings is 4. The maximum absolute atomic E-state index is 4.70. The molecule has 3 heterocycles. The van der Waals surface area contributed by atoms with Gasteiger partial charge in [-0.25, -0.2) is 0 Å². The van der Waals surface area contributed by atoms with Crippen LogP contribution in [-0.4, -0.2) is 35.4 Å². The molecule has 0 fully saturated rings. The summed E-state index contributed by atoms with van der Waals surface area (Å²) in [6.45, 7) is 4.08. The smallest absolute Gasteiger partial charge is 0.364 e. The first-order valence-electron chi connectivity index (χ1n) is 13.1. The summed E-state index contributed by atoms with van der Waals surface area (Å²) in [4.78, 5) is 11.0. The number of tetrazole rings is 2. The molecule has 1 N–H and O–H groups in total. The molecule has 3 aromatic heterocycles. The molecule has 0 saturated carbocycles. The zero-order valence-electron chi connectivity index (χ0n) is 23.3. The van der Waals surface area contributed by atoms with E-state index in [9.17, 15) is 0 Å². The number of aryl methyl sites for hydroxylation is 2. The molecule has 0 amide bonds. The second-order valence-electron chi connectivity index (χ2n) is 9.09. The number of aromatic amines is 1. The van der Waals surface area contributed by atoms with Crippen molar-refractivity contribution in [2.24, 2.45) is 0 Å². The lowest BCUT2D eigenvalue weighted by Gasteiger charge is -1.97. The highest BCUT2D eigenvalue weighted by Crippen LogP contribution is 2.19. The van der Waals surface area contributed by atoms with Gasteiger partial charge in [0, 0.05) is 15.5 Å². The number of hydrogen-bond donors (Lipinski definition) is 1. The molecule has 0 aliphatic heterocycles. The topological polar surface area (TPSA) is 92.9 Å². The second-order valence-corrected chi connectivity index (χ2v) is 10.3. The van der Waals surface area contributed by atoms with Crippen LogP contribution in [0, 0.1) is 13.8 Å². The summed E-state index contributed by atoms with van der Waals surface area (Å²) in [6, 6.07) is 39.7. The zero-order valence-corrected chi connectivity index (χ0v) is 27.3. The van der Waals surface area contributed by atoms with E-state index in [0.717, 1.165) is 33.3 Å². The van der Waals surface area contributed by atoms with Gasteiger partial charge in [-0.3, -0.25) is 0 Å². The fourth-order valence-corrected chi connectivity index (χ4v) is 4.86. The predicted octanol–water partition coefficient (Wildman–Crippen LogP) is -0.959. The van der Waals surface area contributed by atoms with Crippen molar-refractivity contribution in [2.45, 2.75) is 13.8 Å². The molecule has 43 heavy (non-hydrogen) atoms. The molecule has 7 rings (SSSR count). The van der Waals surface area contributed by atoms with Crippen molar-refractivity contribution in [3.8, 4) is 39.3 Å². The highest BCUT2D eigenvalue weighted by molar-refractivity contribution is 7.13. The van der Waals surface area contributed by atoms with E-state index in [1.54, 1.807) is 25.7 Å². The summed E-state index contributed by atoms with van der Waals surface area (Å²) in [5, 5.41) is 21.7. The Morgan fingerprint density at radius 2 is 1.19 bits per heavy atom. The Balaban J connectivity index is 0.000000198. The normalized spacial score (nSPS) is 10.2. The number of para-hydroxylation sites is 2. The molecule has 0 atom stereocenters. The van der Waals surface area contributed by atoms with E-state index in [-0.39, 0.29) is 34.0 Å². The molecular weight excluding hydrogens is 690 g/mol. The molecule has 0 aliphatic rings. The van der Waals surface area contributed by atoms with Gasteiger partial charge in [-0.05, 0) is 92.2 Å². The largest absolute Gasteiger partial charge is 1.00 e. The fraction of sp³-hybridized carbons (Fsp3) is 0.0645. The lowest BCUT2D eigenvalue weighted by Crippen LogP contribution is -3.00. The van der Waals surface area contributed by atoms with E-state index < -0.39 is 0 Å². The maximum Gasteiger partial charge on any atom is 0.364 e. The van der Waals surface area contributed by atoms with Gasteiger partial charge in [0.05, 0.1) is 10.7 Å². The molecule has 0 unspecified atom stereocenters. The summed E-state index contributed by atoms with van der Waals surface area (Å²) in [5.74, 6) is 1.36. The molecule has 0 radical (unpaired) electrons. The highest BCUT2D eigenvalue weighted by Gasteiger charge is 2.24. The Hall–Kier alpha value is -4.39. The molecule has 9 nitrogen and oxygen atoms in total. The van der Waals surface area contributed by atoms with Gasteiger partial charge in [-0.15, -0.1) is 0 Å². The Kier molecular flexibility index (Phi) is 10.8. The summed E-state index contributed by atoms with van der Waals surface area (Å²) in [6.07, 6.45) is 0. The Morgan fingerprint density at radius 3 is 1.74 bits per heavy atom. The van der Waals surface area contributed by atoms with Crippen LogP contribution in [-0.2, 0) is 0 Å². The summed E-state index contributed by atoms with van der Waals surface area (Å²) in [5.41, 5.74) is 4.90. The van der Waals surface area contributed by atoms with Gasteiger partial charge in [0.2, 0.25) is 0 Å². The predicted molar refractivity (Wildman–Crippen MR) is 157 cm³/mol. The second kappa shape index (κ2) is 14.7. The third-order valence-corrected chi connectivity index (χ3v) is 7.28. The minimum atomic E-state index is 0. The van der Waals surface area contributed by atoms with Crippen LogP contribution in [0.25, 0.3) is 39.3 Å². The van der Waals surface area contributed by atoms with Gasteiger partial charge in [0.25, 0.3) is 5.82 Å². The molecule has 0 spiro atoms. The highest BCUT2D eigenvalue weighted by atomic mass is 79.9. The van der Waals surface area contributed by atoms with E-state index in [1.165, 1.54) is 4.88 Å². The van der Waals surface area contributed by atoms with Crippen LogP contribution < -0.4 is 43.6 Å². The van der Waals surface area contributed by atoms with Gasteiger partial charge in [0.1, 0.15) is 11.4 Å². The number of nitrogens with one attached hydrogen (secondary N) is 1. The standard InChI is InChI=1S/C18H16N5S.C13H10N4.2BrH/c1-13-14(2)24-18(19-13)23-21-17(15-9-5-3-6-10-15)20-22(23)16-11-7-4-8-12-16;1-3-7-11(8-4-1)13-14-16-17(15-13)12-9-5-2-6-10-12;;/h3-12H,1-2H3;1-10H;2*1H/q+1;;;/p-1. The average Bonchev–Trinajstić information content (AvgIpc) is 3.79. The van der Waals surface area contributed by atoms with Crippen LogP contribution in [0.3, 0.4) is 0 Å². The van der Waals surface area contributed by atoms with Crippen LogP contribution in [0.5, 0.6) is 0 Å². The molecule has 4 aromatic carbocycles. The zero-order chi connectivity index (χ0) is 28.0. The first-order valence-corrected chi connectivity index (χ1v) is 13.9. The Labute approximate surface area is 274 Å². The fourth-order valence-electron chi connectivity index (χ4n) is 4.01. The van der Waals surface area contributed by atoms with E-state index in [2.05, 4.69) is 27.3 Å². The number of thiazole rings is 1. The van der Waals surface area contributed by atoms with Crippen LogP contribution in [0.4, 0.5) is 0 Å². The van der Waals surface area contributed by atoms with E-state index in [1.807, 2.05) is 128 Å². The monoisotopic (exact) mass is 715 g/mol. The third-order valence-electron chi connectivity index (χ3n) is 6.24. The van der Waals surface area contributed by atoms with Crippen molar-refractivity contribution in [1.82, 2.24) is 35.4 Å². The lowest BCUT2D eigenvalue weighted by molar-refractivity contribution is -0.734. The third kappa shape index (κ3) is 7.34. The number of aromatic nitrogens is 9. The first kappa shape index (κ1) is 31.5. The Morgan fingerprint density at radius 1 is 0.651 bits per heavy atom. The molecule has 7 aromatic rings. The number of halogens is 2. The molecule has 216 valence electrons. The van der Waals surface area contributed by atoms with Crippen LogP contribution in [0.2, 0.25) is 0 Å².